The van der Waals surface area contributed by atoms with Gasteiger partial charge in [-0.05, 0) is 48.6 Å². The third-order valence-corrected chi connectivity index (χ3v) is 7.01. The second-order valence-corrected chi connectivity index (χ2v) is 9.05. The molecule has 0 radical (unpaired) electrons. The monoisotopic (exact) mass is 411 g/mol. The van der Waals surface area contributed by atoms with Gasteiger partial charge in [0.15, 0.2) is 11.6 Å². The number of piperidine rings is 1. The fourth-order valence-electron chi connectivity index (χ4n) is 4.13. The molecule has 2 aromatic rings. The molecule has 0 N–H and O–H groups in total. The van der Waals surface area contributed by atoms with Crippen LogP contribution in [0.3, 0.4) is 0 Å². The quantitative estimate of drug-likeness (QED) is 0.702. The second-order valence-electron chi connectivity index (χ2n) is 8.10. The van der Waals surface area contributed by atoms with Gasteiger partial charge in [-0.25, -0.2) is 0 Å². The van der Waals surface area contributed by atoms with Crippen molar-refractivity contribution in [1.29, 1.82) is 0 Å². The highest BCUT2D eigenvalue weighted by molar-refractivity contribution is 7.12. The standard InChI is InChI=1S/C23H25NO4S/c1-15-12-17-19(26)14-23(28-20(17)13-16(15)2)7-9-24(10-8-23)22(27)6-5-18(25)21-4-3-11-29-21/h3-4,11-13H,5-10,14H2,1-2H3. The van der Waals surface area contributed by atoms with Crippen LogP contribution in [0.4, 0.5) is 0 Å². The van der Waals surface area contributed by atoms with E-state index < -0.39 is 5.60 Å². The fourth-order valence-corrected chi connectivity index (χ4v) is 4.83. The zero-order valence-corrected chi connectivity index (χ0v) is 17.6. The lowest BCUT2D eigenvalue weighted by Crippen LogP contribution is -2.52. The Kier molecular flexibility index (Phi) is 5.30. The van der Waals surface area contributed by atoms with Gasteiger partial charge in [-0.1, -0.05) is 6.07 Å². The largest absolute Gasteiger partial charge is 0.486 e. The van der Waals surface area contributed by atoms with Crippen LogP contribution in [-0.4, -0.2) is 41.1 Å². The van der Waals surface area contributed by atoms with Crippen LogP contribution in [0.5, 0.6) is 5.75 Å². The molecule has 1 spiro atoms. The van der Waals surface area contributed by atoms with Gasteiger partial charge >= 0.3 is 0 Å². The van der Waals surface area contributed by atoms with Gasteiger partial charge in [0.05, 0.1) is 16.9 Å². The third-order valence-electron chi connectivity index (χ3n) is 6.09. The first-order valence-electron chi connectivity index (χ1n) is 10.0. The molecule has 1 fully saturated rings. The zero-order valence-electron chi connectivity index (χ0n) is 16.8. The summed E-state index contributed by atoms with van der Waals surface area (Å²) in [5.41, 5.74) is 2.35. The summed E-state index contributed by atoms with van der Waals surface area (Å²) >= 11 is 1.41. The number of aryl methyl sites for hydroxylation is 2. The van der Waals surface area contributed by atoms with Crippen molar-refractivity contribution >= 4 is 28.8 Å². The first kappa shape index (κ1) is 19.8. The summed E-state index contributed by atoms with van der Waals surface area (Å²) in [5.74, 6) is 0.811. The molecule has 152 valence electrons. The number of ketones is 2. The van der Waals surface area contributed by atoms with Crippen molar-refractivity contribution in [2.75, 3.05) is 13.1 Å². The van der Waals surface area contributed by atoms with E-state index in [1.165, 1.54) is 11.3 Å². The molecule has 1 aromatic carbocycles. The molecule has 5 nitrogen and oxygen atoms in total. The number of benzene rings is 1. The Morgan fingerprint density at radius 1 is 1.14 bits per heavy atom. The highest BCUT2D eigenvalue weighted by atomic mass is 32.1. The van der Waals surface area contributed by atoms with Gasteiger partial charge in [0.2, 0.25) is 5.91 Å². The number of ether oxygens (including phenoxy) is 1. The number of carbonyl (C=O) groups is 3. The van der Waals surface area contributed by atoms with Crippen molar-refractivity contribution in [2.45, 2.75) is 51.6 Å². The molecule has 6 heteroatoms. The van der Waals surface area contributed by atoms with Gasteiger partial charge in [-0.3, -0.25) is 14.4 Å². The van der Waals surface area contributed by atoms with Crippen molar-refractivity contribution in [3.05, 3.63) is 51.2 Å². The number of fused-ring (bicyclic) bond motifs is 1. The van der Waals surface area contributed by atoms with Gasteiger partial charge < -0.3 is 9.64 Å². The van der Waals surface area contributed by atoms with Crippen LogP contribution in [0.25, 0.3) is 0 Å². The SMILES string of the molecule is Cc1cc2c(cc1C)C(=O)CC1(CCN(C(=O)CCC(=O)c3cccs3)CC1)O2. The number of amides is 1. The summed E-state index contributed by atoms with van der Waals surface area (Å²) < 4.78 is 6.33. The van der Waals surface area contributed by atoms with Crippen molar-refractivity contribution in [1.82, 2.24) is 4.90 Å². The maximum absolute atomic E-state index is 12.7. The Hall–Kier alpha value is -2.47. The number of likely N-dealkylation sites (tertiary alicyclic amines) is 1. The minimum absolute atomic E-state index is 0.00115. The Morgan fingerprint density at radius 3 is 2.55 bits per heavy atom. The number of nitrogens with zero attached hydrogens (tertiary/aromatic N) is 1. The number of carbonyl (C=O) groups excluding carboxylic acids is 3. The second kappa shape index (κ2) is 7.75. The van der Waals surface area contributed by atoms with Gasteiger partial charge in [0, 0.05) is 38.8 Å². The number of rotatable bonds is 4. The number of hydrogen-bond donors (Lipinski definition) is 0. The van der Waals surface area contributed by atoms with E-state index in [0.717, 1.165) is 11.1 Å². The highest BCUT2D eigenvalue weighted by Gasteiger charge is 2.43. The Labute approximate surface area is 174 Å². The maximum atomic E-state index is 12.7. The third kappa shape index (κ3) is 3.99. The predicted octanol–water partition coefficient (Wildman–Crippen LogP) is 4.35. The molecule has 1 saturated heterocycles. The molecule has 1 aromatic heterocycles. The average molecular weight is 412 g/mol. The van der Waals surface area contributed by atoms with E-state index in [0.29, 0.717) is 48.5 Å². The molecule has 0 unspecified atom stereocenters. The van der Waals surface area contributed by atoms with E-state index in [4.69, 9.17) is 4.74 Å². The number of Topliss-reactive ketones (excluding diaryl/α,β-unsaturated/α-hetero) is 2. The van der Waals surface area contributed by atoms with E-state index in [-0.39, 0.29) is 30.3 Å². The van der Waals surface area contributed by atoms with E-state index in [9.17, 15) is 14.4 Å². The zero-order chi connectivity index (χ0) is 20.6. The van der Waals surface area contributed by atoms with Crippen molar-refractivity contribution in [3.8, 4) is 5.75 Å². The van der Waals surface area contributed by atoms with E-state index in [1.54, 1.807) is 11.0 Å². The Bertz CT molecular complexity index is 956. The van der Waals surface area contributed by atoms with Crippen LogP contribution in [-0.2, 0) is 4.79 Å². The smallest absolute Gasteiger partial charge is 0.223 e. The minimum atomic E-state index is -0.519. The maximum Gasteiger partial charge on any atom is 0.223 e. The van der Waals surface area contributed by atoms with Crippen LogP contribution >= 0.6 is 11.3 Å². The van der Waals surface area contributed by atoms with E-state index in [1.807, 2.05) is 37.4 Å². The van der Waals surface area contributed by atoms with Crippen molar-refractivity contribution < 1.29 is 19.1 Å². The van der Waals surface area contributed by atoms with E-state index >= 15 is 0 Å². The van der Waals surface area contributed by atoms with Crippen molar-refractivity contribution in [2.24, 2.45) is 0 Å². The lowest BCUT2D eigenvalue weighted by Gasteiger charge is -2.44. The van der Waals surface area contributed by atoms with Gasteiger partial charge in [0.1, 0.15) is 11.4 Å². The number of thiophene rings is 1. The molecule has 3 heterocycles. The molecule has 0 atom stereocenters. The summed E-state index contributed by atoms with van der Waals surface area (Å²) in [6.45, 7) is 5.13. The minimum Gasteiger partial charge on any atom is -0.486 e. The predicted molar refractivity (Wildman–Crippen MR) is 112 cm³/mol. The molecule has 1 amide bonds. The molecular formula is C23H25NO4S. The summed E-state index contributed by atoms with van der Waals surface area (Å²) in [4.78, 5) is 39.9. The first-order valence-corrected chi connectivity index (χ1v) is 10.9. The first-order chi connectivity index (χ1) is 13.9. The summed E-state index contributed by atoms with van der Waals surface area (Å²) in [6, 6.07) is 7.51. The highest BCUT2D eigenvalue weighted by Crippen LogP contribution is 2.40. The van der Waals surface area contributed by atoms with Crippen LogP contribution < -0.4 is 4.74 Å². The molecule has 0 aliphatic carbocycles. The van der Waals surface area contributed by atoms with Crippen LogP contribution in [0, 0.1) is 13.8 Å². The number of hydrogen-bond acceptors (Lipinski definition) is 5. The summed E-state index contributed by atoms with van der Waals surface area (Å²) in [7, 11) is 0. The topological polar surface area (TPSA) is 63.7 Å². The molecule has 29 heavy (non-hydrogen) atoms. The van der Waals surface area contributed by atoms with Gasteiger partial charge in [0.25, 0.3) is 0 Å². The molecule has 4 rings (SSSR count). The normalized spacial score (nSPS) is 17.7. The Morgan fingerprint density at radius 2 is 1.86 bits per heavy atom. The molecular weight excluding hydrogens is 386 g/mol. The average Bonchev–Trinajstić information content (AvgIpc) is 3.23. The summed E-state index contributed by atoms with van der Waals surface area (Å²) in [5, 5.41) is 1.87. The van der Waals surface area contributed by atoms with Crippen LogP contribution in [0.1, 0.15) is 63.3 Å². The summed E-state index contributed by atoms with van der Waals surface area (Å²) in [6.07, 6.45) is 2.10. The molecule has 2 aliphatic rings. The van der Waals surface area contributed by atoms with Gasteiger partial charge in [-0.2, -0.15) is 0 Å². The lowest BCUT2D eigenvalue weighted by molar-refractivity contribution is -0.134. The Balaban J connectivity index is 1.36. The van der Waals surface area contributed by atoms with Crippen LogP contribution in [0.15, 0.2) is 29.6 Å². The lowest BCUT2D eigenvalue weighted by atomic mass is 9.82. The molecule has 0 bridgehead atoms. The molecule has 2 aliphatic heterocycles. The van der Waals surface area contributed by atoms with E-state index in [2.05, 4.69) is 0 Å². The van der Waals surface area contributed by atoms with Crippen molar-refractivity contribution in [3.63, 3.8) is 0 Å². The molecule has 0 saturated carbocycles. The fraction of sp³-hybridized carbons (Fsp3) is 0.435. The van der Waals surface area contributed by atoms with Gasteiger partial charge in [-0.15, -0.1) is 11.3 Å². The van der Waals surface area contributed by atoms with Crippen LogP contribution in [0.2, 0.25) is 0 Å².